The predicted molar refractivity (Wildman–Crippen MR) is 106 cm³/mol. The van der Waals surface area contributed by atoms with E-state index in [1.807, 2.05) is 12.1 Å². The number of halogens is 1. The number of benzene rings is 2. The number of carbonyl (C=O) groups is 2. The average Bonchev–Trinajstić information content (AvgIpc) is 2.66. The Hall–Kier alpha value is -2.73. The van der Waals surface area contributed by atoms with Crippen molar-refractivity contribution in [2.75, 3.05) is 26.1 Å². The molecule has 0 unspecified atom stereocenters. The zero-order chi connectivity index (χ0) is 20.1. The van der Waals surface area contributed by atoms with E-state index in [0.29, 0.717) is 35.1 Å². The lowest BCUT2D eigenvalue weighted by Crippen LogP contribution is -2.44. The van der Waals surface area contributed by atoms with Gasteiger partial charge >= 0.3 is 5.97 Å². The second kappa shape index (κ2) is 8.52. The van der Waals surface area contributed by atoms with Crippen LogP contribution in [0, 0.1) is 0 Å². The zero-order valence-electron chi connectivity index (χ0n) is 15.8. The van der Waals surface area contributed by atoms with Crippen LogP contribution in [-0.4, -0.2) is 32.7 Å². The van der Waals surface area contributed by atoms with Crippen molar-refractivity contribution in [2.45, 2.75) is 24.7 Å². The van der Waals surface area contributed by atoms with E-state index in [1.54, 1.807) is 30.3 Å². The highest BCUT2D eigenvalue weighted by atomic mass is 35.5. The van der Waals surface area contributed by atoms with Gasteiger partial charge in [0, 0.05) is 28.9 Å². The number of nitrogens with one attached hydrogen (secondary N) is 1. The van der Waals surface area contributed by atoms with Crippen LogP contribution in [0.2, 0.25) is 5.02 Å². The zero-order valence-corrected chi connectivity index (χ0v) is 16.5. The quantitative estimate of drug-likeness (QED) is 0.708. The fraction of sp³-hybridized carbons (Fsp3) is 0.333. The number of ether oxygens (including phenoxy) is 3. The van der Waals surface area contributed by atoms with Crippen molar-refractivity contribution in [3.8, 4) is 11.5 Å². The number of carbonyl (C=O) groups excluding carboxylic acids is 2. The molecule has 0 aliphatic heterocycles. The number of esters is 1. The van der Waals surface area contributed by atoms with E-state index < -0.39 is 11.3 Å². The molecule has 28 heavy (non-hydrogen) atoms. The third-order valence-corrected chi connectivity index (χ3v) is 5.22. The Morgan fingerprint density at radius 2 is 1.64 bits per heavy atom. The molecule has 0 spiro atoms. The van der Waals surface area contributed by atoms with Gasteiger partial charge in [-0.2, -0.15) is 0 Å². The lowest BCUT2D eigenvalue weighted by Gasteiger charge is -2.39. The molecule has 1 saturated carbocycles. The van der Waals surface area contributed by atoms with E-state index in [-0.39, 0.29) is 12.6 Å². The molecule has 148 valence electrons. The highest BCUT2D eigenvalue weighted by Gasteiger charge is 2.47. The normalized spacial score (nSPS) is 14.5. The highest BCUT2D eigenvalue weighted by Crippen LogP contribution is 2.45. The van der Waals surface area contributed by atoms with Gasteiger partial charge in [-0.3, -0.25) is 9.59 Å². The van der Waals surface area contributed by atoms with Crippen molar-refractivity contribution in [1.82, 2.24) is 0 Å². The standard InChI is InChI=1S/C21H22ClNO5/c1-26-17-10-16(11-18(12-17)27-2)23-19(24)13-28-20(25)21(8-3-9-21)14-4-6-15(22)7-5-14/h4-7,10-12H,3,8-9,13H2,1-2H3,(H,23,24). The summed E-state index contributed by atoms with van der Waals surface area (Å²) in [4.78, 5) is 25.0. The second-order valence-electron chi connectivity index (χ2n) is 6.67. The van der Waals surface area contributed by atoms with E-state index in [9.17, 15) is 9.59 Å². The van der Waals surface area contributed by atoms with Crippen LogP contribution in [-0.2, 0) is 19.7 Å². The van der Waals surface area contributed by atoms with Crippen LogP contribution in [0.25, 0.3) is 0 Å². The summed E-state index contributed by atoms with van der Waals surface area (Å²) >= 11 is 5.94. The minimum atomic E-state index is -0.690. The highest BCUT2D eigenvalue weighted by molar-refractivity contribution is 6.30. The second-order valence-corrected chi connectivity index (χ2v) is 7.10. The first kappa shape index (κ1) is 20.0. The van der Waals surface area contributed by atoms with Crippen LogP contribution in [0.5, 0.6) is 11.5 Å². The predicted octanol–water partition coefficient (Wildman–Crippen LogP) is 3.96. The molecule has 0 bridgehead atoms. The average molecular weight is 404 g/mol. The van der Waals surface area contributed by atoms with Crippen LogP contribution in [0.3, 0.4) is 0 Å². The summed E-state index contributed by atoms with van der Waals surface area (Å²) < 4.78 is 15.7. The van der Waals surface area contributed by atoms with Gasteiger partial charge in [0.05, 0.1) is 19.6 Å². The molecule has 3 rings (SSSR count). The number of rotatable bonds is 7. The van der Waals surface area contributed by atoms with Gasteiger partial charge in [-0.15, -0.1) is 0 Å². The first-order valence-corrected chi connectivity index (χ1v) is 9.31. The maximum Gasteiger partial charge on any atom is 0.317 e. The number of hydrogen-bond acceptors (Lipinski definition) is 5. The minimum Gasteiger partial charge on any atom is -0.497 e. The lowest BCUT2D eigenvalue weighted by atomic mass is 9.64. The Morgan fingerprint density at radius 1 is 1.04 bits per heavy atom. The van der Waals surface area contributed by atoms with Gasteiger partial charge in [-0.1, -0.05) is 30.2 Å². The molecular weight excluding hydrogens is 382 g/mol. The van der Waals surface area contributed by atoms with Gasteiger partial charge in [0.25, 0.3) is 5.91 Å². The molecule has 0 radical (unpaired) electrons. The molecule has 0 aromatic heterocycles. The third kappa shape index (κ3) is 4.22. The summed E-state index contributed by atoms with van der Waals surface area (Å²) in [5, 5.41) is 3.30. The van der Waals surface area contributed by atoms with Gasteiger partial charge < -0.3 is 19.5 Å². The maximum absolute atomic E-state index is 12.7. The summed E-state index contributed by atoms with van der Waals surface area (Å²) in [7, 11) is 3.05. The van der Waals surface area contributed by atoms with E-state index in [1.165, 1.54) is 14.2 Å². The van der Waals surface area contributed by atoms with Crippen molar-refractivity contribution >= 4 is 29.2 Å². The summed E-state index contributed by atoms with van der Waals surface area (Å²) in [6.45, 7) is -0.367. The Kier molecular flexibility index (Phi) is 6.09. The first-order valence-electron chi connectivity index (χ1n) is 8.93. The number of hydrogen-bond donors (Lipinski definition) is 1. The van der Waals surface area contributed by atoms with Crippen LogP contribution >= 0.6 is 11.6 Å². The number of amides is 1. The van der Waals surface area contributed by atoms with Gasteiger partial charge in [-0.25, -0.2) is 0 Å². The van der Waals surface area contributed by atoms with Crippen molar-refractivity contribution < 1.29 is 23.8 Å². The van der Waals surface area contributed by atoms with Crippen LogP contribution in [0.4, 0.5) is 5.69 Å². The Labute approximate surface area is 168 Å². The van der Waals surface area contributed by atoms with Crippen LogP contribution in [0.1, 0.15) is 24.8 Å². The molecule has 0 saturated heterocycles. The van der Waals surface area contributed by atoms with Crippen molar-refractivity contribution in [1.29, 1.82) is 0 Å². The van der Waals surface area contributed by atoms with Gasteiger partial charge in [0.1, 0.15) is 11.5 Å². The van der Waals surface area contributed by atoms with Crippen molar-refractivity contribution in [3.63, 3.8) is 0 Å². The molecule has 0 atom stereocenters. The van der Waals surface area contributed by atoms with Crippen molar-refractivity contribution in [2.24, 2.45) is 0 Å². The molecule has 1 amide bonds. The van der Waals surface area contributed by atoms with E-state index in [4.69, 9.17) is 25.8 Å². The number of anilines is 1. The monoisotopic (exact) mass is 403 g/mol. The fourth-order valence-corrected chi connectivity index (χ4v) is 3.38. The van der Waals surface area contributed by atoms with Gasteiger partial charge in [-0.05, 0) is 30.5 Å². The molecule has 1 aliphatic rings. The van der Waals surface area contributed by atoms with Gasteiger partial charge in [0.15, 0.2) is 6.61 Å². The minimum absolute atomic E-state index is 0.367. The fourth-order valence-electron chi connectivity index (χ4n) is 3.26. The molecule has 1 aliphatic carbocycles. The molecule has 0 heterocycles. The molecule has 6 nitrogen and oxygen atoms in total. The maximum atomic E-state index is 12.7. The first-order chi connectivity index (χ1) is 13.5. The molecule has 1 fully saturated rings. The smallest absolute Gasteiger partial charge is 0.317 e. The summed E-state index contributed by atoms with van der Waals surface area (Å²) in [6, 6.07) is 12.2. The Balaban J connectivity index is 1.62. The summed E-state index contributed by atoms with van der Waals surface area (Å²) in [5.74, 6) is 0.263. The molecule has 2 aromatic rings. The summed E-state index contributed by atoms with van der Waals surface area (Å²) in [5.41, 5.74) is 0.670. The van der Waals surface area contributed by atoms with Crippen molar-refractivity contribution in [3.05, 3.63) is 53.1 Å². The largest absolute Gasteiger partial charge is 0.497 e. The number of methoxy groups -OCH3 is 2. The van der Waals surface area contributed by atoms with Gasteiger partial charge in [0.2, 0.25) is 0 Å². The summed E-state index contributed by atoms with van der Waals surface area (Å²) in [6.07, 6.45) is 2.33. The third-order valence-electron chi connectivity index (χ3n) is 4.96. The molecule has 1 N–H and O–H groups in total. The molecular formula is C21H22ClNO5. The topological polar surface area (TPSA) is 73.9 Å². The van der Waals surface area contributed by atoms with Crippen LogP contribution in [0.15, 0.2) is 42.5 Å². The Morgan fingerprint density at radius 3 is 2.14 bits per heavy atom. The SMILES string of the molecule is COc1cc(NC(=O)COC(=O)C2(c3ccc(Cl)cc3)CCC2)cc(OC)c1. The Bertz CT molecular complexity index is 839. The molecule has 2 aromatic carbocycles. The van der Waals surface area contributed by atoms with Crippen LogP contribution < -0.4 is 14.8 Å². The lowest BCUT2D eigenvalue weighted by molar-refractivity contribution is -0.156. The van der Waals surface area contributed by atoms with E-state index in [0.717, 1.165) is 12.0 Å². The molecule has 7 heteroatoms. The van der Waals surface area contributed by atoms with E-state index in [2.05, 4.69) is 5.32 Å². The van der Waals surface area contributed by atoms with E-state index >= 15 is 0 Å².